The molecule has 1 atom stereocenters. The van der Waals surface area contributed by atoms with Gasteiger partial charge in [-0.1, -0.05) is 12.1 Å². The van der Waals surface area contributed by atoms with Crippen LogP contribution in [0.5, 0.6) is 5.75 Å². The van der Waals surface area contributed by atoms with Crippen LogP contribution >= 0.6 is 0 Å². The number of hydrogen-bond donors (Lipinski definition) is 0. The van der Waals surface area contributed by atoms with Gasteiger partial charge in [0.25, 0.3) is 0 Å². The van der Waals surface area contributed by atoms with E-state index in [1.165, 1.54) is 6.08 Å². The van der Waals surface area contributed by atoms with Crippen LogP contribution in [0.15, 0.2) is 30.3 Å². The van der Waals surface area contributed by atoms with Gasteiger partial charge >= 0.3 is 11.9 Å². The fourth-order valence-corrected chi connectivity index (χ4v) is 1.67. The summed E-state index contributed by atoms with van der Waals surface area (Å²) in [5.74, 6) is -0.343. The van der Waals surface area contributed by atoms with Crippen LogP contribution in [0.1, 0.15) is 12.0 Å². The van der Waals surface area contributed by atoms with E-state index >= 15 is 0 Å². The highest BCUT2D eigenvalue weighted by Crippen LogP contribution is 2.14. The van der Waals surface area contributed by atoms with E-state index in [4.69, 9.17) is 14.2 Å². The molecule has 1 aromatic carbocycles. The molecule has 19 heavy (non-hydrogen) atoms. The summed E-state index contributed by atoms with van der Waals surface area (Å²) in [6.07, 6.45) is 2.52. The van der Waals surface area contributed by atoms with E-state index in [1.54, 1.807) is 19.3 Å². The first-order valence-electron chi connectivity index (χ1n) is 5.88. The molecular formula is C14H14O5. The molecule has 0 saturated carbocycles. The lowest BCUT2D eigenvalue weighted by atomic mass is 10.2. The molecule has 0 bridgehead atoms. The van der Waals surface area contributed by atoms with Crippen molar-refractivity contribution in [3.8, 4) is 5.75 Å². The maximum atomic E-state index is 11.5. The van der Waals surface area contributed by atoms with Crippen molar-refractivity contribution in [3.63, 3.8) is 0 Å². The van der Waals surface area contributed by atoms with E-state index in [1.807, 2.05) is 18.2 Å². The highest BCUT2D eigenvalue weighted by atomic mass is 16.6. The van der Waals surface area contributed by atoms with Crippen LogP contribution in [0.25, 0.3) is 6.08 Å². The van der Waals surface area contributed by atoms with Gasteiger partial charge in [-0.25, -0.2) is 9.59 Å². The molecule has 5 heteroatoms. The van der Waals surface area contributed by atoms with Crippen molar-refractivity contribution in [2.24, 2.45) is 0 Å². The number of rotatable bonds is 4. The summed E-state index contributed by atoms with van der Waals surface area (Å²) in [6.45, 7) is 0.302. The molecule has 1 heterocycles. The topological polar surface area (TPSA) is 61.8 Å². The number of ether oxygens (including phenoxy) is 3. The molecule has 0 amide bonds. The van der Waals surface area contributed by atoms with Gasteiger partial charge in [0.05, 0.1) is 13.7 Å². The molecule has 1 aromatic rings. The number of benzene rings is 1. The Balaban J connectivity index is 1.93. The Bertz CT molecular complexity index is 506. The molecule has 0 aliphatic carbocycles. The van der Waals surface area contributed by atoms with Gasteiger partial charge in [-0.2, -0.15) is 0 Å². The van der Waals surface area contributed by atoms with E-state index in [0.717, 1.165) is 5.56 Å². The molecule has 5 nitrogen and oxygen atoms in total. The molecule has 0 aromatic heterocycles. The molecule has 1 aliphatic rings. The quantitative estimate of drug-likeness (QED) is 0.608. The minimum absolute atomic E-state index is 0.302. The van der Waals surface area contributed by atoms with Crippen molar-refractivity contribution in [3.05, 3.63) is 35.9 Å². The van der Waals surface area contributed by atoms with Crippen molar-refractivity contribution < 1.29 is 23.8 Å². The average Bonchev–Trinajstić information content (AvgIpc) is 2.82. The number of carbonyl (C=O) groups is 2. The molecule has 0 N–H and O–H groups in total. The molecule has 0 radical (unpaired) electrons. The van der Waals surface area contributed by atoms with Crippen molar-refractivity contribution in [1.82, 2.24) is 0 Å². The Hall–Kier alpha value is -2.30. The summed E-state index contributed by atoms with van der Waals surface area (Å²) in [6, 6.07) is 7.24. The summed E-state index contributed by atoms with van der Waals surface area (Å²) in [7, 11) is 1.57. The maximum absolute atomic E-state index is 11.5. The number of carbonyl (C=O) groups excluding carboxylic acids is 2. The highest BCUT2D eigenvalue weighted by molar-refractivity contribution is 5.89. The molecule has 1 aliphatic heterocycles. The summed E-state index contributed by atoms with van der Waals surface area (Å²) >= 11 is 0. The van der Waals surface area contributed by atoms with Gasteiger partial charge in [0.15, 0.2) is 0 Å². The maximum Gasteiger partial charge on any atom is 0.347 e. The smallest absolute Gasteiger partial charge is 0.347 e. The number of esters is 2. The summed E-state index contributed by atoms with van der Waals surface area (Å²) < 4.78 is 14.7. The Labute approximate surface area is 110 Å². The lowest BCUT2D eigenvalue weighted by Crippen LogP contribution is -2.21. The summed E-state index contributed by atoms with van der Waals surface area (Å²) in [5.41, 5.74) is 0.810. The summed E-state index contributed by atoms with van der Waals surface area (Å²) in [5, 5.41) is 0. The predicted molar refractivity (Wildman–Crippen MR) is 67.5 cm³/mol. The van der Waals surface area contributed by atoms with Gasteiger partial charge < -0.3 is 14.2 Å². The number of hydrogen-bond acceptors (Lipinski definition) is 5. The van der Waals surface area contributed by atoms with Gasteiger partial charge in [-0.3, -0.25) is 0 Å². The normalized spacial score (nSPS) is 18.4. The zero-order valence-corrected chi connectivity index (χ0v) is 10.5. The van der Waals surface area contributed by atoms with Gasteiger partial charge in [0, 0.05) is 12.5 Å². The Kier molecular flexibility index (Phi) is 4.18. The van der Waals surface area contributed by atoms with E-state index in [0.29, 0.717) is 18.8 Å². The lowest BCUT2D eigenvalue weighted by Gasteiger charge is -2.05. The number of cyclic esters (lactones) is 1. The first kappa shape index (κ1) is 13.1. The van der Waals surface area contributed by atoms with Crippen molar-refractivity contribution in [1.29, 1.82) is 0 Å². The lowest BCUT2D eigenvalue weighted by molar-refractivity contribution is -0.156. The standard InChI is InChI=1S/C14H14O5/c1-17-11-4-2-3-10(9-11)5-6-13(15)19-12-7-8-18-14(12)16/h2-6,9,12H,7-8H2,1H3/b6-5+/t12-/m0/s1. The molecule has 2 rings (SSSR count). The van der Waals surface area contributed by atoms with Gasteiger partial charge in [0.2, 0.25) is 6.10 Å². The molecule has 0 spiro atoms. The van der Waals surface area contributed by atoms with Crippen molar-refractivity contribution >= 4 is 18.0 Å². The number of methoxy groups -OCH3 is 1. The Morgan fingerprint density at radius 3 is 3.00 bits per heavy atom. The molecule has 1 fully saturated rings. The van der Waals surface area contributed by atoms with Crippen LogP contribution in [0, 0.1) is 0 Å². The second-order valence-electron chi connectivity index (χ2n) is 3.99. The van der Waals surface area contributed by atoms with E-state index < -0.39 is 18.0 Å². The second-order valence-corrected chi connectivity index (χ2v) is 3.99. The zero-order chi connectivity index (χ0) is 13.7. The first-order valence-corrected chi connectivity index (χ1v) is 5.88. The predicted octanol–water partition coefficient (Wildman–Crippen LogP) is 1.57. The third kappa shape index (κ3) is 3.58. The minimum atomic E-state index is -0.776. The third-order valence-electron chi connectivity index (χ3n) is 2.65. The van der Waals surface area contributed by atoms with E-state index in [-0.39, 0.29) is 0 Å². The van der Waals surface area contributed by atoms with Crippen LogP contribution in [-0.2, 0) is 19.1 Å². The molecule has 0 unspecified atom stereocenters. The molecular weight excluding hydrogens is 248 g/mol. The Morgan fingerprint density at radius 1 is 1.47 bits per heavy atom. The average molecular weight is 262 g/mol. The van der Waals surface area contributed by atoms with Crippen LogP contribution in [0.3, 0.4) is 0 Å². The van der Waals surface area contributed by atoms with Crippen molar-refractivity contribution in [2.75, 3.05) is 13.7 Å². The fourth-order valence-electron chi connectivity index (χ4n) is 1.67. The van der Waals surface area contributed by atoms with Gasteiger partial charge in [-0.15, -0.1) is 0 Å². The van der Waals surface area contributed by atoms with Crippen LogP contribution < -0.4 is 4.74 Å². The highest BCUT2D eigenvalue weighted by Gasteiger charge is 2.29. The Morgan fingerprint density at radius 2 is 2.32 bits per heavy atom. The fraction of sp³-hybridized carbons (Fsp3) is 0.286. The van der Waals surface area contributed by atoms with Crippen LogP contribution in [0.4, 0.5) is 0 Å². The molecule has 100 valence electrons. The second kappa shape index (κ2) is 6.04. The minimum Gasteiger partial charge on any atom is -0.497 e. The largest absolute Gasteiger partial charge is 0.497 e. The first-order chi connectivity index (χ1) is 9.19. The third-order valence-corrected chi connectivity index (χ3v) is 2.65. The summed E-state index contributed by atoms with van der Waals surface area (Å²) in [4.78, 5) is 22.7. The van der Waals surface area contributed by atoms with Crippen LogP contribution in [-0.4, -0.2) is 31.8 Å². The van der Waals surface area contributed by atoms with Gasteiger partial charge in [-0.05, 0) is 23.8 Å². The van der Waals surface area contributed by atoms with E-state index in [9.17, 15) is 9.59 Å². The van der Waals surface area contributed by atoms with Crippen molar-refractivity contribution in [2.45, 2.75) is 12.5 Å². The molecule has 1 saturated heterocycles. The van der Waals surface area contributed by atoms with E-state index in [2.05, 4.69) is 0 Å². The van der Waals surface area contributed by atoms with Crippen LogP contribution in [0.2, 0.25) is 0 Å². The van der Waals surface area contributed by atoms with Gasteiger partial charge in [0.1, 0.15) is 5.75 Å². The zero-order valence-electron chi connectivity index (χ0n) is 10.5. The SMILES string of the molecule is COc1cccc(/C=C/C(=O)O[C@H]2CCOC2=O)c1. The monoisotopic (exact) mass is 262 g/mol.